The van der Waals surface area contributed by atoms with Crippen LogP contribution in [0.15, 0.2) is 10.8 Å². The smallest absolute Gasteiger partial charge is 0.164 e. The molecule has 0 amide bonds. The molecule has 0 saturated heterocycles. The van der Waals surface area contributed by atoms with Crippen LogP contribution in [0.25, 0.3) is 0 Å². The summed E-state index contributed by atoms with van der Waals surface area (Å²) in [5.74, 6) is 0.0757. The van der Waals surface area contributed by atoms with Crippen molar-refractivity contribution < 1.29 is 4.79 Å². The quantitative estimate of drug-likeness (QED) is 0.612. The monoisotopic (exact) mass is 284 g/mol. The van der Waals surface area contributed by atoms with Gasteiger partial charge in [0.05, 0.1) is 17.8 Å². The summed E-state index contributed by atoms with van der Waals surface area (Å²) in [5, 5.41) is 4.35. The highest BCUT2D eigenvalue weighted by molar-refractivity contribution is 9.10. The maximum atomic E-state index is 11.3. The molecule has 0 aromatic carbocycles. The first-order valence-electron chi connectivity index (χ1n) is 5.94. The van der Waals surface area contributed by atoms with Crippen molar-refractivity contribution in [2.75, 3.05) is 0 Å². The van der Waals surface area contributed by atoms with Gasteiger partial charge < -0.3 is 0 Å². The van der Waals surface area contributed by atoms with Gasteiger partial charge in [-0.15, -0.1) is 0 Å². The van der Waals surface area contributed by atoms with Crippen LogP contribution in [-0.4, -0.2) is 15.6 Å². The first-order chi connectivity index (χ1) is 7.70. The van der Waals surface area contributed by atoms with Gasteiger partial charge in [-0.1, -0.05) is 25.7 Å². The van der Waals surface area contributed by atoms with Gasteiger partial charge in [0.1, 0.15) is 4.60 Å². The minimum Gasteiger partial charge on any atom is -0.294 e. The molecular weight excluding hydrogens is 268 g/mol. The second kappa shape index (κ2) is 5.13. The Morgan fingerprint density at radius 3 is 2.50 bits per heavy atom. The number of hydrogen-bond donors (Lipinski definition) is 0. The molecule has 0 atom stereocenters. The standard InChI is InChI=1S/C12H17BrN2O/c1-9(16)11-8-14-15(12(11)13)10-6-4-2-3-5-7-10/h8,10H,2-7H2,1H3. The molecule has 1 heterocycles. The van der Waals surface area contributed by atoms with Gasteiger partial charge in [-0.05, 0) is 35.7 Å². The predicted octanol–water partition coefficient (Wildman–Crippen LogP) is 3.74. The van der Waals surface area contributed by atoms with Crippen LogP contribution < -0.4 is 0 Å². The molecule has 88 valence electrons. The molecule has 1 aromatic heterocycles. The Balaban J connectivity index is 2.22. The maximum Gasteiger partial charge on any atom is 0.164 e. The summed E-state index contributed by atoms with van der Waals surface area (Å²) in [6.07, 6.45) is 9.23. The van der Waals surface area contributed by atoms with Crippen molar-refractivity contribution in [1.82, 2.24) is 9.78 Å². The van der Waals surface area contributed by atoms with Crippen molar-refractivity contribution in [3.63, 3.8) is 0 Å². The Morgan fingerprint density at radius 1 is 1.38 bits per heavy atom. The molecule has 4 heteroatoms. The van der Waals surface area contributed by atoms with Gasteiger partial charge in [0.15, 0.2) is 5.78 Å². The molecule has 0 aliphatic heterocycles. The molecule has 1 aliphatic rings. The average Bonchev–Trinajstić information content (AvgIpc) is 2.50. The van der Waals surface area contributed by atoms with Gasteiger partial charge in [-0.3, -0.25) is 9.48 Å². The molecule has 0 bridgehead atoms. The van der Waals surface area contributed by atoms with E-state index in [1.165, 1.54) is 38.5 Å². The Kier molecular flexibility index (Phi) is 3.79. The van der Waals surface area contributed by atoms with Crippen LogP contribution in [0.3, 0.4) is 0 Å². The zero-order valence-electron chi connectivity index (χ0n) is 9.58. The number of Topliss-reactive ketones (excluding diaryl/α,β-unsaturated/α-hetero) is 1. The van der Waals surface area contributed by atoms with Crippen molar-refractivity contribution in [3.8, 4) is 0 Å². The van der Waals surface area contributed by atoms with Crippen LogP contribution in [0.1, 0.15) is 61.8 Å². The lowest BCUT2D eigenvalue weighted by Crippen LogP contribution is -2.10. The third-order valence-electron chi connectivity index (χ3n) is 3.28. The van der Waals surface area contributed by atoms with Gasteiger partial charge in [0.25, 0.3) is 0 Å². The number of aromatic nitrogens is 2. The molecule has 3 nitrogen and oxygen atoms in total. The highest BCUT2D eigenvalue weighted by Crippen LogP contribution is 2.30. The van der Waals surface area contributed by atoms with Crippen molar-refractivity contribution in [1.29, 1.82) is 0 Å². The van der Waals surface area contributed by atoms with E-state index in [1.54, 1.807) is 13.1 Å². The minimum absolute atomic E-state index is 0.0757. The zero-order valence-corrected chi connectivity index (χ0v) is 11.2. The Bertz CT molecular complexity index is 378. The van der Waals surface area contributed by atoms with E-state index >= 15 is 0 Å². The highest BCUT2D eigenvalue weighted by Gasteiger charge is 2.20. The number of carbonyl (C=O) groups is 1. The van der Waals surface area contributed by atoms with E-state index in [4.69, 9.17) is 0 Å². The lowest BCUT2D eigenvalue weighted by molar-refractivity contribution is 0.101. The Morgan fingerprint density at radius 2 is 2.00 bits per heavy atom. The van der Waals surface area contributed by atoms with E-state index < -0.39 is 0 Å². The molecular formula is C12H17BrN2O. The van der Waals surface area contributed by atoms with Crippen molar-refractivity contribution in [2.24, 2.45) is 0 Å². The molecule has 0 N–H and O–H groups in total. The normalized spacial score (nSPS) is 18.4. The first kappa shape index (κ1) is 11.8. The van der Waals surface area contributed by atoms with Crippen molar-refractivity contribution >= 4 is 21.7 Å². The fraction of sp³-hybridized carbons (Fsp3) is 0.667. The predicted molar refractivity (Wildman–Crippen MR) is 66.7 cm³/mol. The number of hydrogen-bond acceptors (Lipinski definition) is 2. The third kappa shape index (κ3) is 2.37. The summed E-state index contributed by atoms with van der Waals surface area (Å²) in [6, 6.07) is 0.463. The largest absolute Gasteiger partial charge is 0.294 e. The molecule has 0 spiro atoms. The molecule has 1 saturated carbocycles. The van der Waals surface area contributed by atoms with Crippen molar-refractivity contribution in [3.05, 3.63) is 16.4 Å². The molecule has 16 heavy (non-hydrogen) atoms. The van der Waals surface area contributed by atoms with E-state index in [-0.39, 0.29) is 5.78 Å². The van der Waals surface area contributed by atoms with E-state index in [0.717, 1.165) is 4.60 Å². The summed E-state index contributed by atoms with van der Waals surface area (Å²) in [5.41, 5.74) is 0.698. The van der Waals surface area contributed by atoms with Gasteiger partial charge in [-0.2, -0.15) is 5.10 Å². The van der Waals surface area contributed by atoms with E-state index in [1.807, 2.05) is 4.68 Å². The maximum absolute atomic E-state index is 11.3. The zero-order chi connectivity index (χ0) is 11.5. The number of rotatable bonds is 2. The molecule has 0 unspecified atom stereocenters. The molecule has 2 rings (SSSR count). The van der Waals surface area contributed by atoms with Crippen LogP contribution in [0, 0.1) is 0 Å². The van der Waals surface area contributed by atoms with Crippen LogP contribution >= 0.6 is 15.9 Å². The van der Waals surface area contributed by atoms with Crippen LogP contribution in [0.2, 0.25) is 0 Å². The molecule has 1 aromatic rings. The highest BCUT2D eigenvalue weighted by atomic mass is 79.9. The summed E-state index contributed by atoms with van der Waals surface area (Å²) in [7, 11) is 0. The first-order valence-corrected chi connectivity index (χ1v) is 6.73. The summed E-state index contributed by atoms with van der Waals surface area (Å²) in [4.78, 5) is 11.3. The number of halogens is 1. The van der Waals surface area contributed by atoms with Crippen LogP contribution in [0.5, 0.6) is 0 Å². The molecule has 1 fully saturated rings. The van der Waals surface area contributed by atoms with E-state index in [9.17, 15) is 4.79 Å². The topological polar surface area (TPSA) is 34.9 Å². The number of carbonyl (C=O) groups excluding carboxylic acids is 1. The number of ketones is 1. The molecule has 0 radical (unpaired) electrons. The van der Waals surface area contributed by atoms with Gasteiger partial charge >= 0.3 is 0 Å². The molecule has 1 aliphatic carbocycles. The fourth-order valence-corrected chi connectivity index (χ4v) is 3.10. The summed E-state index contributed by atoms with van der Waals surface area (Å²) in [6.45, 7) is 1.58. The van der Waals surface area contributed by atoms with Gasteiger partial charge in [0, 0.05) is 0 Å². The second-order valence-electron chi connectivity index (χ2n) is 4.50. The van der Waals surface area contributed by atoms with Crippen LogP contribution in [-0.2, 0) is 0 Å². The minimum atomic E-state index is 0.0757. The third-order valence-corrected chi connectivity index (χ3v) is 4.08. The average molecular weight is 285 g/mol. The van der Waals surface area contributed by atoms with E-state index in [0.29, 0.717) is 11.6 Å². The Hall–Kier alpha value is -0.640. The lowest BCUT2D eigenvalue weighted by Gasteiger charge is -2.15. The Labute approximate surface area is 104 Å². The van der Waals surface area contributed by atoms with Gasteiger partial charge in [0.2, 0.25) is 0 Å². The SMILES string of the molecule is CC(=O)c1cnn(C2CCCCCC2)c1Br. The van der Waals surface area contributed by atoms with E-state index in [2.05, 4.69) is 21.0 Å². The fourth-order valence-electron chi connectivity index (χ4n) is 2.34. The van der Waals surface area contributed by atoms with Crippen LogP contribution in [0.4, 0.5) is 0 Å². The van der Waals surface area contributed by atoms with Crippen molar-refractivity contribution in [2.45, 2.75) is 51.5 Å². The summed E-state index contributed by atoms with van der Waals surface area (Å²) < 4.78 is 2.84. The summed E-state index contributed by atoms with van der Waals surface area (Å²) >= 11 is 3.49. The lowest BCUT2D eigenvalue weighted by atomic mass is 10.1. The van der Waals surface area contributed by atoms with Gasteiger partial charge in [-0.25, -0.2) is 0 Å². The second-order valence-corrected chi connectivity index (χ2v) is 5.25. The number of nitrogens with zero attached hydrogens (tertiary/aromatic N) is 2.